The van der Waals surface area contributed by atoms with Crippen LogP contribution < -0.4 is 5.32 Å². The highest BCUT2D eigenvalue weighted by Gasteiger charge is 2.15. The quantitative estimate of drug-likeness (QED) is 0.504. The van der Waals surface area contributed by atoms with Gasteiger partial charge in [-0.15, -0.1) is 11.3 Å². The number of amides is 1. The van der Waals surface area contributed by atoms with Crippen molar-refractivity contribution >= 4 is 28.7 Å². The van der Waals surface area contributed by atoms with Crippen LogP contribution in [0.25, 0.3) is 0 Å². The van der Waals surface area contributed by atoms with Crippen LogP contribution in [0.1, 0.15) is 44.8 Å². The number of benzene rings is 2. The number of phenolic OH excluding ortho intramolecular Hbond substituents is 1. The predicted molar refractivity (Wildman–Crippen MR) is 102 cm³/mol. The third-order valence-electron chi connectivity index (χ3n) is 3.87. The van der Waals surface area contributed by atoms with Crippen molar-refractivity contribution in [2.45, 2.75) is 19.8 Å². The molecule has 0 aliphatic heterocycles. The van der Waals surface area contributed by atoms with Crippen LogP contribution in [0.4, 0.5) is 5.69 Å². The van der Waals surface area contributed by atoms with Crippen molar-refractivity contribution < 1.29 is 14.7 Å². The van der Waals surface area contributed by atoms with Gasteiger partial charge in [-0.05, 0) is 23.8 Å². The van der Waals surface area contributed by atoms with Crippen molar-refractivity contribution in [3.05, 3.63) is 75.7 Å². The molecule has 5 nitrogen and oxygen atoms in total. The first-order valence-electron chi connectivity index (χ1n) is 8.22. The van der Waals surface area contributed by atoms with Crippen molar-refractivity contribution in [3.8, 4) is 5.75 Å². The van der Waals surface area contributed by atoms with Crippen LogP contribution in [0.2, 0.25) is 0 Å². The van der Waals surface area contributed by atoms with Crippen molar-refractivity contribution in [1.82, 2.24) is 4.98 Å². The first kappa shape index (κ1) is 17.8. The molecule has 0 saturated heterocycles. The van der Waals surface area contributed by atoms with Crippen LogP contribution in [0.3, 0.4) is 0 Å². The number of ketones is 1. The summed E-state index contributed by atoms with van der Waals surface area (Å²) in [5.74, 6) is -0.568. The van der Waals surface area contributed by atoms with Gasteiger partial charge in [-0.2, -0.15) is 0 Å². The molecule has 132 valence electrons. The van der Waals surface area contributed by atoms with Gasteiger partial charge in [-0.3, -0.25) is 9.59 Å². The van der Waals surface area contributed by atoms with E-state index < -0.39 is 5.91 Å². The highest BCUT2D eigenvalue weighted by molar-refractivity contribution is 7.09. The van der Waals surface area contributed by atoms with Gasteiger partial charge in [0, 0.05) is 23.8 Å². The molecule has 0 saturated carbocycles. The molecule has 0 unspecified atom stereocenters. The Kier molecular flexibility index (Phi) is 5.43. The van der Waals surface area contributed by atoms with Crippen LogP contribution >= 0.6 is 11.3 Å². The number of hydrogen-bond donors (Lipinski definition) is 2. The van der Waals surface area contributed by atoms with E-state index in [1.54, 1.807) is 12.3 Å². The lowest BCUT2D eigenvalue weighted by molar-refractivity contribution is 0.0985. The third kappa shape index (κ3) is 4.15. The number of carbonyl (C=O) groups is 2. The number of aromatic hydroxyl groups is 1. The van der Waals surface area contributed by atoms with Gasteiger partial charge < -0.3 is 10.4 Å². The normalized spacial score (nSPS) is 10.5. The second kappa shape index (κ2) is 7.93. The van der Waals surface area contributed by atoms with E-state index in [0.717, 1.165) is 10.6 Å². The second-order valence-electron chi connectivity index (χ2n) is 5.75. The van der Waals surface area contributed by atoms with E-state index in [0.29, 0.717) is 18.4 Å². The minimum absolute atomic E-state index is 0.0562. The average molecular weight is 366 g/mol. The second-order valence-corrected chi connectivity index (χ2v) is 6.69. The van der Waals surface area contributed by atoms with Crippen LogP contribution in [0, 0.1) is 0 Å². The van der Waals surface area contributed by atoms with E-state index in [2.05, 4.69) is 10.3 Å². The molecule has 1 amide bonds. The molecule has 0 spiro atoms. The molecule has 2 N–H and O–H groups in total. The fourth-order valence-electron chi connectivity index (χ4n) is 2.47. The minimum Gasteiger partial charge on any atom is -0.506 e. The van der Waals surface area contributed by atoms with Gasteiger partial charge in [0.25, 0.3) is 5.91 Å². The van der Waals surface area contributed by atoms with E-state index in [1.807, 2.05) is 30.3 Å². The van der Waals surface area contributed by atoms with Gasteiger partial charge >= 0.3 is 0 Å². The fourth-order valence-corrected chi connectivity index (χ4v) is 3.28. The maximum absolute atomic E-state index is 12.4. The largest absolute Gasteiger partial charge is 0.506 e. The molecule has 3 rings (SSSR count). The monoisotopic (exact) mass is 366 g/mol. The molecule has 0 atom stereocenters. The Bertz CT molecular complexity index is 935. The number of anilines is 1. The molecule has 0 aliphatic rings. The zero-order valence-corrected chi connectivity index (χ0v) is 15.0. The molecule has 2 aromatic carbocycles. The Morgan fingerprint density at radius 3 is 2.65 bits per heavy atom. The molecule has 0 bridgehead atoms. The number of nitrogens with zero attached hydrogens (tertiary/aromatic N) is 1. The molecule has 26 heavy (non-hydrogen) atoms. The van der Waals surface area contributed by atoms with Gasteiger partial charge in [0.2, 0.25) is 0 Å². The Morgan fingerprint density at radius 2 is 1.92 bits per heavy atom. The smallest absolute Gasteiger partial charge is 0.275 e. The van der Waals surface area contributed by atoms with E-state index >= 15 is 0 Å². The van der Waals surface area contributed by atoms with Crippen LogP contribution in [-0.2, 0) is 6.42 Å². The highest BCUT2D eigenvalue weighted by atomic mass is 32.1. The van der Waals surface area contributed by atoms with E-state index in [1.165, 1.54) is 29.5 Å². The summed E-state index contributed by atoms with van der Waals surface area (Å²) < 4.78 is 0. The Labute approximate surface area is 155 Å². The van der Waals surface area contributed by atoms with Crippen LogP contribution in [-0.4, -0.2) is 21.8 Å². The first-order chi connectivity index (χ1) is 12.6. The Balaban J connectivity index is 1.74. The number of carbonyl (C=O) groups excluding carboxylic acids is 2. The van der Waals surface area contributed by atoms with Crippen LogP contribution in [0.15, 0.2) is 53.9 Å². The summed E-state index contributed by atoms with van der Waals surface area (Å²) in [6.45, 7) is 1.76. The molecule has 6 heteroatoms. The first-order valence-corrected chi connectivity index (χ1v) is 9.10. The number of thiazole rings is 1. The molecule has 3 aromatic rings. The lowest BCUT2D eigenvalue weighted by Gasteiger charge is -2.08. The Hall–Kier alpha value is -2.99. The minimum atomic E-state index is -0.419. The number of Topliss-reactive ketones (excluding diaryl/α,β-unsaturated/α-hetero) is 1. The SMILES string of the molecule is CCC(=O)c1ccc(O)c(NC(=O)c2csc(Cc3ccccc3)n2)c1. The van der Waals surface area contributed by atoms with Crippen molar-refractivity contribution in [2.75, 3.05) is 5.32 Å². The summed E-state index contributed by atoms with van der Waals surface area (Å²) >= 11 is 1.41. The molecule has 0 radical (unpaired) electrons. The highest BCUT2D eigenvalue weighted by Crippen LogP contribution is 2.26. The molecular weight excluding hydrogens is 348 g/mol. The van der Waals surface area contributed by atoms with Crippen LogP contribution in [0.5, 0.6) is 5.75 Å². The summed E-state index contributed by atoms with van der Waals surface area (Å²) in [6, 6.07) is 14.3. The summed E-state index contributed by atoms with van der Waals surface area (Å²) in [7, 11) is 0. The number of nitrogens with one attached hydrogen (secondary N) is 1. The summed E-state index contributed by atoms with van der Waals surface area (Å²) in [6.07, 6.45) is 1.01. The van der Waals surface area contributed by atoms with Gasteiger partial charge in [-0.1, -0.05) is 37.3 Å². The number of rotatable bonds is 6. The maximum atomic E-state index is 12.4. The van der Waals surface area contributed by atoms with Gasteiger partial charge in [-0.25, -0.2) is 4.98 Å². The van der Waals surface area contributed by atoms with E-state index in [9.17, 15) is 14.7 Å². The molecule has 1 aromatic heterocycles. The number of phenols is 1. The predicted octanol–water partition coefficient (Wildman–Crippen LogP) is 4.28. The average Bonchev–Trinajstić information content (AvgIpc) is 3.12. The molecule has 0 fully saturated rings. The lowest BCUT2D eigenvalue weighted by Crippen LogP contribution is -2.13. The van der Waals surface area contributed by atoms with Gasteiger partial charge in [0.1, 0.15) is 11.4 Å². The fraction of sp³-hybridized carbons (Fsp3) is 0.150. The zero-order valence-electron chi connectivity index (χ0n) is 14.2. The topological polar surface area (TPSA) is 79.3 Å². The van der Waals surface area contributed by atoms with Gasteiger partial charge in [0.05, 0.1) is 10.7 Å². The van der Waals surface area contributed by atoms with Crippen molar-refractivity contribution in [1.29, 1.82) is 0 Å². The molecule has 1 heterocycles. The summed E-state index contributed by atoms with van der Waals surface area (Å²) in [4.78, 5) is 28.6. The maximum Gasteiger partial charge on any atom is 0.275 e. The van der Waals surface area contributed by atoms with Crippen molar-refractivity contribution in [2.24, 2.45) is 0 Å². The lowest BCUT2D eigenvalue weighted by atomic mass is 10.1. The zero-order chi connectivity index (χ0) is 18.5. The molecular formula is C20H18N2O3S. The Morgan fingerprint density at radius 1 is 1.15 bits per heavy atom. The third-order valence-corrected chi connectivity index (χ3v) is 4.72. The summed E-state index contributed by atoms with van der Waals surface area (Å²) in [5.41, 5.74) is 2.06. The number of aromatic nitrogens is 1. The summed E-state index contributed by atoms with van der Waals surface area (Å²) in [5, 5.41) is 15.1. The van der Waals surface area contributed by atoms with Crippen molar-refractivity contribution in [3.63, 3.8) is 0 Å². The van der Waals surface area contributed by atoms with Gasteiger partial charge in [0.15, 0.2) is 5.78 Å². The number of hydrogen-bond acceptors (Lipinski definition) is 5. The van der Waals surface area contributed by atoms with E-state index in [-0.39, 0.29) is 22.9 Å². The van der Waals surface area contributed by atoms with E-state index in [4.69, 9.17) is 0 Å². The standard InChI is InChI=1S/C20H18N2O3S/c1-2-17(23)14-8-9-18(24)15(11-14)22-20(25)16-12-26-19(21-16)10-13-6-4-3-5-7-13/h3-9,11-12,24H,2,10H2,1H3,(H,22,25). The molecule has 0 aliphatic carbocycles.